The molecule has 0 saturated heterocycles. The smallest absolute Gasteiger partial charge is 0.234 e. The number of anilines is 3. The maximum absolute atomic E-state index is 13.1. The van der Waals surface area contributed by atoms with Crippen LogP contribution in [0, 0.1) is 11.6 Å². The average Bonchev–Trinajstić information content (AvgIpc) is 3.11. The van der Waals surface area contributed by atoms with Crippen LogP contribution in [0.5, 0.6) is 5.75 Å². The van der Waals surface area contributed by atoms with Crippen LogP contribution in [0.2, 0.25) is 0 Å². The molecule has 1 aromatic heterocycles. The van der Waals surface area contributed by atoms with E-state index in [4.69, 9.17) is 4.74 Å². The average molecular weight is 408 g/mol. The van der Waals surface area contributed by atoms with Gasteiger partial charge in [0.05, 0.1) is 12.9 Å². The lowest BCUT2D eigenvalue weighted by Crippen LogP contribution is -2.14. The summed E-state index contributed by atoms with van der Waals surface area (Å²) < 4.78 is 31.7. The summed E-state index contributed by atoms with van der Waals surface area (Å²) in [5.74, 6) is -1.52. The number of nitrogens with one attached hydrogen (secondary N) is 2. The van der Waals surface area contributed by atoms with E-state index in [1.54, 1.807) is 7.11 Å². The number of nitrogens with zero attached hydrogens (tertiary/aromatic N) is 2. The van der Waals surface area contributed by atoms with Crippen LogP contribution in [0.3, 0.4) is 0 Å². The molecule has 1 heterocycles. The molecule has 6 nitrogen and oxygen atoms in total. The summed E-state index contributed by atoms with van der Waals surface area (Å²) in [4.78, 5) is 11.9. The van der Waals surface area contributed by atoms with Crippen molar-refractivity contribution < 1.29 is 18.3 Å². The number of rotatable bonds is 7. The molecule has 27 heavy (non-hydrogen) atoms. The number of benzene rings is 2. The van der Waals surface area contributed by atoms with E-state index < -0.39 is 11.6 Å². The molecule has 0 atom stereocenters. The van der Waals surface area contributed by atoms with Crippen LogP contribution in [0.15, 0.2) is 46.8 Å². The third-order valence-corrected chi connectivity index (χ3v) is 5.25. The number of hydrogen-bond donors (Lipinski definition) is 2. The fourth-order valence-corrected chi connectivity index (χ4v) is 3.59. The molecule has 2 aromatic carbocycles. The van der Waals surface area contributed by atoms with Crippen molar-refractivity contribution in [2.45, 2.75) is 4.34 Å². The highest BCUT2D eigenvalue weighted by atomic mass is 32.2. The highest BCUT2D eigenvalue weighted by molar-refractivity contribution is 8.01. The Hall–Kier alpha value is -2.72. The Labute approximate surface area is 162 Å². The fraction of sp³-hybridized carbons (Fsp3) is 0.118. The van der Waals surface area contributed by atoms with Crippen LogP contribution in [0.1, 0.15) is 0 Å². The molecule has 0 aliphatic carbocycles. The predicted octanol–water partition coefficient (Wildman–Crippen LogP) is 4.30. The summed E-state index contributed by atoms with van der Waals surface area (Å²) >= 11 is 2.50. The van der Waals surface area contributed by atoms with Crippen molar-refractivity contribution in [3.05, 3.63) is 54.1 Å². The Bertz CT molecular complexity index is 935. The molecule has 0 bridgehead atoms. The van der Waals surface area contributed by atoms with Gasteiger partial charge in [0.2, 0.25) is 11.0 Å². The molecule has 3 rings (SSSR count). The first-order valence-electron chi connectivity index (χ1n) is 7.66. The molecule has 2 N–H and O–H groups in total. The highest BCUT2D eigenvalue weighted by Crippen LogP contribution is 2.28. The second-order valence-electron chi connectivity index (χ2n) is 5.19. The maximum Gasteiger partial charge on any atom is 0.234 e. The molecule has 3 aromatic rings. The van der Waals surface area contributed by atoms with Gasteiger partial charge in [-0.1, -0.05) is 23.1 Å². The number of ether oxygens (including phenoxy) is 1. The predicted molar refractivity (Wildman–Crippen MR) is 102 cm³/mol. The second kappa shape index (κ2) is 8.78. The van der Waals surface area contributed by atoms with Gasteiger partial charge in [-0.3, -0.25) is 4.79 Å². The van der Waals surface area contributed by atoms with Gasteiger partial charge in [0.25, 0.3) is 0 Å². The van der Waals surface area contributed by atoms with Gasteiger partial charge in [-0.25, -0.2) is 8.78 Å². The van der Waals surface area contributed by atoms with Gasteiger partial charge >= 0.3 is 0 Å². The minimum absolute atomic E-state index is 0.0656. The molecular weight excluding hydrogens is 394 g/mol. The quantitative estimate of drug-likeness (QED) is 0.568. The van der Waals surface area contributed by atoms with Crippen LogP contribution < -0.4 is 15.4 Å². The Kier molecular flexibility index (Phi) is 6.20. The molecule has 1 amide bonds. The minimum atomic E-state index is -1.01. The summed E-state index contributed by atoms with van der Waals surface area (Å²) in [5, 5.41) is 14.2. The van der Waals surface area contributed by atoms with Gasteiger partial charge in [-0.2, -0.15) is 0 Å². The third-order valence-electron chi connectivity index (χ3n) is 3.28. The van der Waals surface area contributed by atoms with Crippen LogP contribution in [0.4, 0.5) is 25.3 Å². The number of thioether (sulfide) groups is 1. The lowest BCUT2D eigenvalue weighted by molar-refractivity contribution is -0.113. The molecule has 0 radical (unpaired) electrons. The molecule has 0 aliphatic rings. The number of methoxy groups -OCH3 is 1. The summed E-state index contributed by atoms with van der Waals surface area (Å²) in [6, 6.07) is 10.5. The first-order valence-corrected chi connectivity index (χ1v) is 9.46. The van der Waals surface area contributed by atoms with Crippen molar-refractivity contribution in [1.82, 2.24) is 10.2 Å². The Morgan fingerprint density at radius 3 is 2.56 bits per heavy atom. The third kappa shape index (κ3) is 5.38. The molecule has 0 aliphatic heterocycles. The van der Waals surface area contributed by atoms with Crippen molar-refractivity contribution in [2.75, 3.05) is 23.5 Å². The van der Waals surface area contributed by atoms with E-state index in [1.165, 1.54) is 29.2 Å². The second-order valence-corrected chi connectivity index (χ2v) is 7.39. The van der Waals surface area contributed by atoms with E-state index in [-0.39, 0.29) is 17.3 Å². The van der Waals surface area contributed by atoms with Gasteiger partial charge in [-0.05, 0) is 36.4 Å². The van der Waals surface area contributed by atoms with Gasteiger partial charge in [0.1, 0.15) is 5.75 Å². The number of aromatic nitrogens is 2. The van der Waals surface area contributed by atoms with Crippen LogP contribution in [-0.4, -0.2) is 29.0 Å². The summed E-state index contributed by atoms with van der Waals surface area (Å²) in [7, 11) is 1.60. The Morgan fingerprint density at radius 2 is 1.85 bits per heavy atom. The van der Waals surface area contributed by atoms with Gasteiger partial charge in [0, 0.05) is 17.4 Å². The van der Waals surface area contributed by atoms with Crippen molar-refractivity contribution in [2.24, 2.45) is 0 Å². The first kappa shape index (κ1) is 19.1. The number of halogens is 2. The topological polar surface area (TPSA) is 76.1 Å². The lowest BCUT2D eigenvalue weighted by Gasteiger charge is -2.04. The van der Waals surface area contributed by atoms with Gasteiger partial charge in [0.15, 0.2) is 16.0 Å². The summed E-state index contributed by atoms with van der Waals surface area (Å²) in [6.07, 6.45) is 0. The number of amides is 1. The zero-order chi connectivity index (χ0) is 19.2. The van der Waals surface area contributed by atoms with E-state index in [9.17, 15) is 13.6 Å². The lowest BCUT2D eigenvalue weighted by atomic mass is 10.3. The van der Waals surface area contributed by atoms with Crippen molar-refractivity contribution in [3.63, 3.8) is 0 Å². The molecule has 0 spiro atoms. The summed E-state index contributed by atoms with van der Waals surface area (Å²) in [6.45, 7) is 0. The largest absolute Gasteiger partial charge is 0.497 e. The monoisotopic (exact) mass is 408 g/mol. The molecule has 10 heteroatoms. The zero-order valence-corrected chi connectivity index (χ0v) is 15.7. The molecule has 0 unspecified atom stereocenters. The van der Waals surface area contributed by atoms with Crippen LogP contribution >= 0.6 is 23.1 Å². The number of carbonyl (C=O) groups excluding carboxylic acids is 1. The van der Waals surface area contributed by atoms with Crippen LogP contribution in [-0.2, 0) is 4.79 Å². The highest BCUT2D eigenvalue weighted by Gasteiger charge is 2.10. The van der Waals surface area contributed by atoms with Crippen molar-refractivity contribution in [3.8, 4) is 5.75 Å². The van der Waals surface area contributed by atoms with E-state index in [1.807, 2.05) is 24.3 Å². The minimum Gasteiger partial charge on any atom is -0.497 e. The molecular formula is C17H14F2N4O2S2. The number of carbonyl (C=O) groups is 1. The number of hydrogen-bond acceptors (Lipinski definition) is 7. The SMILES string of the molecule is COc1ccc(Nc2nnc(SCC(=O)Nc3ccc(F)c(F)c3)s2)cc1. The van der Waals surface area contributed by atoms with Gasteiger partial charge in [-0.15, -0.1) is 10.2 Å². The van der Waals surface area contributed by atoms with Crippen LogP contribution in [0.25, 0.3) is 0 Å². The van der Waals surface area contributed by atoms with E-state index in [2.05, 4.69) is 20.8 Å². The fourth-order valence-electron chi connectivity index (χ4n) is 2.01. The van der Waals surface area contributed by atoms with E-state index in [0.29, 0.717) is 9.47 Å². The van der Waals surface area contributed by atoms with Crippen molar-refractivity contribution in [1.29, 1.82) is 0 Å². The zero-order valence-electron chi connectivity index (χ0n) is 14.0. The molecule has 0 saturated carbocycles. The Morgan fingerprint density at radius 1 is 1.11 bits per heavy atom. The normalized spacial score (nSPS) is 10.5. The molecule has 0 fully saturated rings. The van der Waals surface area contributed by atoms with E-state index >= 15 is 0 Å². The first-order chi connectivity index (χ1) is 13.0. The van der Waals surface area contributed by atoms with Gasteiger partial charge < -0.3 is 15.4 Å². The molecule has 140 valence electrons. The summed E-state index contributed by atoms with van der Waals surface area (Å²) in [5.41, 5.74) is 1.03. The maximum atomic E-state index is 13.1. The van der Waals surface area contributed by atoms with Crippen molar-refractivity contribution >= 4 is 45.5 Å². The Balaban J connectivity index is 1.51. The van der Waals surface area contributed by atoms with E-state index in [0.717, 1.165) is 23.6 Å². The standard InChI is InChI=1S/C17H14F2N4O2S2/c1-25-12-5-2-10(3-6-12)21-16-22-23-17(27-16)26-9-15(24)20-11-4-7-13(18)14(19)8-11/h2-8H,9H2,1H3,(H,20,24)(H,21,22).